The minimum absolute atomic E-state index is 0.456. The van der Waals surface area contributed by atoms with Crippen molar-refractivity contribution in [2.45, 2.75) is 19.8 Å². The molecular weight excluding hydrogens is 328 g/mol. The van der Waals surface area contributed by atoms with Crippen molar-refractivity contribution in [3.8, 4) is 28.6 Å². The average molecular weight is 350 g/mol. The predicted octanol–water partition coefficient (Wildman–Crippen LogP) is 4.04. The zero-order chi connectivity index (χ0) is 17.9. The van der Waals surface area contributed by atoms with E-state index in [2.05, 4.69) is 26.9 Å². The summed E-state index contributed by atoms with van der Waals surface area (Å²) in [5, 5.41) is 4.09. The van der Waals surface area contributed by atoms with E-state index in [9.17, 15) is 0 Å². The third-order valence-corrected chi connectivity index (χ3v) is 4.88. The van der Waals surface area contributed by atoms with E-state index in [-0.39, 0.29) is 0 Å². The first-order valence-electron chi connectivity index (χ1n) is 8.93. The molecule has 134 valence electrons. The molecule has 0 spiro atoms. The first-order valence-corrected chi connectivity index (χ1v) is 8.93. The summed E-state index contributed by atoms with van der Waals surface area (Å²) >= 11 is 0. The Kier molecular flexibility index (Phi) is 4.56. The van der Waals surface area contributed by atoms with Crippen LogP contribution in [0, 0.1) is 5.92 Å². The molecule has 4 rings (SSSR count). The molecule has 0 unspecified atom stereocenters. The summed E-state index contributed by atoms with van der Waals surface area (Å²) in [5.74, 6) is 3.49. The zero-order valence-electron chi connectivity index (χ0n) is 15.1. The molecule has 0 amide bonds. The van der Waals surface area contributed by atoms with Gasteiger partial charge in [-0.1, -0.05) is 24.2 Å². The lowest BCUT2D eigenvalue weighted by Crippen LogP contribution is -2.33. The molecule has 0 bridgehead atoms. The lowest BCUT2D eigenvalue weighted by Gasteiger charge is -2.31. The van der Waals surface area contributed by atoms with E-state index < -0.39 is 0 Å². The Hall–Kier alpha value is -2.89. The summed E-state index contributed by atoms with van der Waals surface area (Å²) in [5.41, 5.74) is 1.62. The molecular formula is C20H22N4O2. The van der Waals surface area contributed by atoms with Crippen LogP contribution >= 0.6 is 0 Å². The highest BCUT2D eigenvalue weighted by molar-refractivity contribution is 5.65. The maximum atomic E-state index is 5.43. The van der Waals surface area contributed by atoms with Crippen LogP contribution in [0.3, 0.4) is 0 Å². The molecule has 0 aliphatic carbocycles. The number of aromatic nitrogens is 3. The quantitative estimate of drug-likeness (QED) is 0.707. The zero-order valence-corrected chi connectivity index (χ0v) is 15.1. The van der Waals surface area contributed by atoms with Crippen molar-refractivity contribution >= 4 is 5.82 Å². The topological polar surface area (TPSA) is 64.3 Å². The Bertz CT molecular complexity index is 868. The van der Waals surface area contributed by atoms with Crippen LogP contribution in [-0.4, -0.2) is 35.3 Å². The summed E-state index contributed by atoms with van der Waals surface area (Å²) in [4.78, 5) is 11.4. The number of benzene rings is 1. The SMILES string of the molecule is COc1ccccc1-c1noc(-c2ccc(N3CCC(C)CC3)nc2)n1. The van der Waals surface area contributed by atoms with Crippen LogP contribution in [0.25, 0.3) is 22.8 Å². The maximum Gasteiger partial charge on any atom is 0.259 e. The molecule has 0 N–H and O–H groups in total. The molecule has 3 heterocycles. The minimum Gasteiger partial charge on any atom is -0.496 e. The standard InChI is InChI=1S/C20H22N4O2/c1-14-9-11-24(12-10-14)18-8-7-15(13-21-18)20-22-19(23-26-20)16-5-3-4-6-17(16)25-2/h3-8,13-14H,9-12H2,1-2H3. The molecule has 6 heteroatoms. The van der Waals surface area contributed by atoms with Crippen LogP contribution in [0.4, 0.5) is 5.82 Å². The molecule has 1 fully saturated rings. The summed E-state index contributed by atoms with van der Waals surface area (Å²) in [6.45, 7) is 4.43. The summed E-state index contributed by atoms with van der Waals surface area (Å²) < 4.78 is 10.8. The van der Waals surface area contributed by atoms with Crippen molar-refractivity contribution in [1.29, 1.82) is 0 Å². The molecule has 1 aromatic carbocycles. The maximum absolute atomic E-state index is 5.43. The molecule has 1 saturated heterocycles. The lowest BCUT2D eigenvalue weighted by molar-refractivity contribution is 0.413. The number of pyridine rings is 1. The molecule has 0 saturated carbocycles. The van der Waals surface area contributed by atoms with Crippen molar-refractivity contribution in [3.63, 3.8) is 0 Å². The van der Waals surface area contributed by atoms with Gasteiger partial charge in [0.25, 0.3) is 5.89 Å². The van der Waals surface area contributed by atoms with E-state index in [0.29, 0.717) is 17.5 Å². The van der Waals surface area contributed by atoms with Crippen molar-refractivity contribution in [1.82, 2.24) is 15.1 Å². The second-order valence-electron chi connectivity index (χ2n) is 6.70. The summed E-state index contributed by atoms with van der Waals surface area (Å²) in [6, 6.07) is 11.6. The van der Waals surface area contributed by atoms with Gasteiger partial charge >= 0.3 is 0 Å². The van der Waals surface area contributed by atoms with Gasteiger partial charge in [-0.05, 0) is 43.0 Å². The third kappa shape index (κ3) is 3.27. The molecule has 1 aliphatic rings. The fourth-order valence-corrected chi connectivity index (χ4v) is 3.22. The first-order chi connectivity index (χ1) is 12.7. The highest BCUT2D eigenvalue weighted by Gasteiger charge is 2.18. The van der Waals surface area contributed by atoms with E-state index >= 15 is 0 Å². The van der Waals surface area contributed by atoms with E-state index in [1.165, 1.54) is 12.8 Å². The van der Waals surface area contributed by atoms with E-state index in [0.717, 1.165) is 36.0 Å². The third-order valence-electron chi connectivity index (χ3n) is 4.88. The smallest absolute Gasteiger partial charge is 0.259 e. The van der Waals surface area contributed by atoms with Crippen LogP contribution in [0.1, 0.15) is 19.8 Å². The molecule has 6 nitrogen and oxygen atoms in total. The number of rotatable bonds is 4. The Labute approximate surface area is 152 Å². The van der Waals surface area contributed by atoms with Crippen molar-refractivity contribution in [2.24, 2.45) is 5.92 Å². The van der Waals surface area contributed by atoms with Crippen LogP contribution in [-0.2, 0) is 0 Å². The van der Waals surface area contributed by atoms with E-state index in [1.807, 2.05) is 36.4 Å². The Morgan fingerprint density at radius 1 is 1.12 bits per heavy atom. The number of anilines is 1. The Morgan fingerprint density at radius 2 is 1.92 bits per heavy atom. The number of hydrogen-bond acceptors (Lipinski definition) is 6. The van der Waals surface area contributed by atoms with Gasteiger partial charge in [0, 0.05) is 19.3 Å². The number of ether oxygens (including phenoxy) is 1. The minimum atomic E-state index is 0.456. The van der Waals surface area contributed by atoms with Crippen molar-refractivity contribution in [3.05, 3.63) is 42.6 Å². The molecule has 0 radical (unpaired) electrons. The predicted molar refractivity (Wildman–Crippen MR) is 100 cm³/mol. The van der Waals surface area contributed by atoms with Gasteiger partial charge in [0.15, 0.2) is 0 Å². The van der Waals surface area contributed by atoms with Gasteiger partial charge in [-0.3, -0.25) is 0 Å². The van der Waals surface area contributed by atoms with Gasteiger partial charge in [-0.15, -0.1) is 0 Å². The fourth-order valence-electron chi connectivity index (χ4n) is 3.22. The van der Waals surface area contributed by atoms with E-state index in [1.54, 1.807) is 13.3 Å². The molecule has 26 heavy (non-hydrogen) atoms. The van der Waals surface area contributed by atoms with Crippen LogP contribution in [0.2, 0.25) is 0 Å². The normalized spacial score (nSPS) is 15.2. The molecule has 0 atom stereocenters. The number of methoxy groups -OCH3 is 1. The van der Waals surface area contributed by atoms with Crippen LogP contribution in [0.5, 0.6) is 5.75 Å². The largest absolute Gasteiger partial charge is 0.496 e. The van der Waals surface area contributed by atoms with Crippen molar-refractivity contribution < 1.29 is 9.26 Å². The van der Waals surface area contributed by atoms with Gasteiger partial charge in [-0.25, -0.2) is 4.98 Å². The monoisotopic (exact) mass is 350 g/mol. The molecule has 1 aliphatic heterocycles. The number of hydrogen-bond donors (Lipinski definition) is 0. The van der Waals surface area contributed by atoms with Gasteiger partial charge < -0.3 is 14.2 Å². The Morgan fingerprint density at radius 3 is 2.65 bits per heavy atom. The van der Waals surface area contributed by atoms with Gasteiger partial charge in [0.05, 0.1) is 18.2 Å². The number of nitrogens with zero attached hydrogens (tertiary/aromatic N) is 4. The summed E-state index contributed by atoms with van der Waals surface area (Å²) in [7, 11) is 1.63. The fraction of sp³-hybridized carbons (Fsp3) is 0.350. The molecule has 2 aromatic heterocycles. The lowest BCUT2D eigenvalue weighted by atomic mass is 9.99. The van der Waals surface area contributed by atoms with E-state index in [4.69, 9.17) is 9.26 Å². The second kappa shape index (κ2) is 7.15. The average Bonchev–Trinajstić information content (AvgIpc) is 3.19. The van der Waals surface area contributed by atoms with Gasteiger partial charge in [0.2, 0.25) is 5.82 Å². The number of piperidine rings is 1. The highest BCUT2D eigenvalue weighted by Crippen LogP contribution is 2.29. The number of para-hydroxylation sites is 1. The Balaban J connectivity index is 1.54. The van der Waals surface area contributed by atoms with Crippen molar-refractivity contribution in [2.75, 3.05) is 25.1 Å². The second-order valence-corrected chi connectivity index (χ2v) is 6.70. The van der Waals surface area contributed by atoms with Gasteiger partial charge in [-0.2, -0.15) is 4.98 Å². The highest BCUT2D eigenvalue weighted by atomic mass is 16.5. The molecule has 3 aromatic rings. The van der Waals surface area contributed by atoms with Crippen LogP contribution < -0.4 is 9.64 Å². The summed E-state index contributed by atoms with van der Waals surface area (Å²) in [6.07, 6.45) is 4.23. The first kappa shape index (κ1) is 16.6. The van der Waals surface area contributed by atoms with Gasteiger partial charge in [0.1, 0.15) is 11.6 Å². The van der Waals surface area contributed by atoms with Crippen LogP contribution in [0.15, 0.2) is 47.1 Å².